The topological polar surface area (TPSA) is 231 Å². The Balaban J connectivity index is 1.85. The van der Waals surface area contributed by atoms with Crippen molar-refractivity contribution in [2.75, 3.05) is 26.4 Å². The second-order valence-electron chi connectivity index (χ2n) is 17.6. The Morgan fingerprint density at radius 1 is 0.471 bits per heavy atom. The SMILES string of the molecule is CC/C=C/C/C=C/C/C=C/CCCCCCCC(=O)O[C@@H](COC(=O)CC/C=C/C/C=C/C/C=C/C/C=C/C/C=C/CCCCC)CO[C@@H]1O[C@H](CO[C@@H]2O[C@H](CO)[C@H](O)C(O)C2O)[C@H](O)C(O)C1O. The highest BCUT2D eigenvalue weighted by molar-refractivity contribution is 5.70. The van der Waals surface area contributed by atoms with E-state index in [0.717, 1.165) is 83.5 Å². The zero-order valence-corrected chi connectivity index (χ0v) is 42.0. The van der Waals surface area contributed by atoms with Gasteiger partial charge >= 0.3 is 11.9 Å². The molecule has 398 valence electrons. The number of unbranched alkanes of at least 4 members (excludes halogenated alkanes) is 8. The number of ether oxygens (including phenoxy) is 6. The van der Waals surface area contributed by atoms with Crippen LogP contribution in [0.15, 0.2) is 97.2 Å². The highest BCUT2D eigenvalue weighted by atomic mass is 16.7. The van der Waals surface area contributed by atoms with E-state index in [9.17, 15) is 45.3 Å². The zero-order valence-electron chi connectivity index (χ0n) is 42.0. The molecule has 70 heavy (non-hydrogen) atoms. The van der Waals surface area contributed by atoms with Crippen molar-refractivity contribution in [3.8, 4) is 0 Å². The molecule has 15 heteroatoms. The van der Waals surface area contributed by atoms with E-state index in [1.54, 1.807) is 0 Å². The molecule has 0 bridgehead atoms. The predicted molar refractivity (Wildman–Crippen MR) is 270 cm³/mol. The largest absolute Gasteiger partial charge is 0.462 e. The third kappa shape index (κ3) is 28.5. The van der Waals surface area contributed by atoms with Crippen LogP contribution in [0.25, 0.3) is 0 Å². The van der Waals surface area contributed by atoms with E-state index in [-0.39, 0.29) is 19.4 Å². The smallest absolute Gasteiger partial charge is 0.306 e. The van der Waals surface area contributed by atoms with Gasteiger partial charge in [0.25, 0.3) is 0 Å². The molecule has 2 aliphatic rings. The van der Waals surface area contributed by atoms with Crippen molar-refractivity contribution in [1.82, 2.24) is 0 Å². The first kappa shape index (κ1) is 62.5. The molecular formula is C55H88O15. The number of rotatable bonds is 38. The molecule has 0 saturated carbocycles. The van der Waals surface area contributed by atoms with Crippen LogP contribution in [0, 0.1) is 0 Å². The number of hydrogen-bond acceptors (Lipinski definition) is 15. The van der Waals surface area contributed by atoms with Crippen molar-refractivity contribution in [3.05, 3.63) is 97.2 Å². The highest BCUT2D eigenvalue weighted by Crippen LogP contribution is 2.26. The van der Waals surface area contributed by atoms with Crippen LogP contribution < -0.4 is 0 Å². The molecule has 7 N–H and O–H groups in total. The molecule has 2 rings (SSSR count). The van der Waals surface area contributed by atoms with Gasteiger partial charge in [0.15, 0.2) is 18.7 Å². The van der Waals surface area contributed by atoms with Crippen molar-refractivity contribution in [2.24, 2.45) is 0 Å². The first-order valence-electron chi connectivity index (χ1n) is 25.8. The van der Waals surface area contributed by atoms with Gasteiger partial charge in [0.05, 0.1) is 19.8 Å². The van der Waals surface area contributed by atoms with Crippen LogP contribution in [0.3, 0.4) is 0 Å². The Labute approximate surface area is 417 Å². The summed E-state index contributed by atoms with van der Waals surface area (Å²) in [5, 5.41) is 72.1. The van der Waals surface area contributed by atoms with Gasteiger partial charge in [-0.3, -0.25) is 9.59 Å². The number of carbonyl (C=O) groups is 2. The molecular weight excluding hydrogens is 901 g/mol. The van der Waals surface area contributed by atoms with Crippen LogP contribution >= 0.6 is 0 Å². The minimum Gasteiger partial charge on any atom is -0.462 e. The fraction of sp³-hybridized carbons (Fsp3) is 0.673. The van der Waals surface area contributed by atoms with Crippen LogP contribution in [0.5, 0.6) is 0 Å². The normalized spacial score (nSPS) is 26.2. The third-order valence-corrected chi connectivity index (χ3v) is 11.6. The van der Waals surface area contributed by atoms with Crippen LogP contribution in [0.2, 0.25) is 0 Å². The Kier molecular flexibility index (Phi) is 36.6. The van der Waals surface area contributed by atoms with Crippen molar-refractivity contribution in [3.63, 3.8) is 0 Å². The Bertz CT molecular complexity index is 1580. The van der Waals surface area contributed by atoms with Gasteiger partial charge < -0.3 is 64.2 Å². The lowest BCUT2D eigenvalue weighted by atomic mass is 9.98. The minimum absolute atomic E-state index is 0.0844. The van der Waals surface area contributed by atoms with Crippen LogP contribution in [-0.4, -0.2) is 142 Å². The lowest BCUT2D eigenvalue weighted by Gasteiger charge is -2.42. The lowest BCUT2D eigenvalue weighted by molar-refractivity contribution is -0.332. The van der Waals surface area contributed by atoms with Gasteiger partial charge in [0.2, 0.25) is 0 Å². The average Bonchev–Trinajstić information content (AvgIpc) is 3.35. The molecule has 2 saturated heterocycles. The summed E-state index contributed by atoms with van der Waals surface area (Å²) in [6.07, 6.45) is 34.5. The number of carbonyl (C=O) groups excluding carboxylic acids is 2. The minimum atomic E-state index is -1.78. The first-order chi connectivity index (χ1) is 34.0. The zero-order chi connectivity index (χ0) is 51.0. The number of hydrogen-bond donors (Lipinski definition) is 7. The summed E-state index contributed by atoms with van der Waals surface area (Å²) in [7, 11) is 0. The van der Waals surface area contributed by atoms with Crippen LogP contribution in [-0.2, 0) is 38.0 Å². The molecule has 2 aliphatic heterocycles. The first-order valence-corrected chi connectivity index (χ1v) is 25.8. The van der Waals surface area contributed by atoms with Gasteiger partial charge in [-0.2, -0.15) is 0 Å². The van der Waals surface area contributed by atoms with Crippen molar-refractivity contribution in [1.29, 1.82) is 0 Å². The Morgan fingerprint density at radius 3 is 1.47 bits per heavy atom. The number of allylic oxidation sites excluding steroid dienone is 16. The van der Waals surface area contributed by atoms with Crippen molar-refractivity contribution in [2.45, 2.75) is 210 Å². The number of aliphatic hydroxyl groups is 7. The maximum Gasteiger partial charge on any atom is 0.306 e. The second kappa shape index (κ2) is 41.0. The van der Waals surface area contributed by atoms with E-state index in [0.29, 0.717) is 12.8 Å². The standard InChI is InChI=1S/C55H88O15/c1-3-5-7-9-11-13-15-17-19-20-21-22-24-25-27-29-31-33-35-37-46(57)65-40-43(68-47(58)38-36-34-32-30-28-26-23-18-16-14-12-10-8-6-4-2)41-66-54-53(64)51(62)49(60)45(70-54)42-67-55-52(63)50(61)48(59)44(39-56)69-55/h6,8,11-14,17-19,21-23,25,27,31,33,43-45,48-56,59-64H,3-5,7,9-10,15-16,20,24,26,28-30,32,34-42H2,1-2H3/b8-6+,13-11+,14-12+,19-17+,22-21+,23-18+,27-25+,33-31+/t43-,44+,45+,48-,49-,50?,51?,52?,53?,54+,55+/m0/s1. The molecule has 2 heterocycles. The van der Waals surface area contributed by atoms with Gasteiger partial charge in [-0.1, -0.05) is 143 Å². The van der Waals surface area contributed by atoms with Gasteiger partial charge in [-0.25, -0.2) is 0 Å². The highest BCUT2D eigenvalue weighted by Gasteiger charge is 2.47. The summed E-state index contributed by atoms with van der Waals surface area (Å²) in [4.78, 5) is 25.7. The molecule has 15 nitrogen and oxygen atoms in total. The summed E-state index contributed by atoms with van der Waals surface area (Å²) in [5.41, 5.74) is 0. The molecule has 0 aromatic carbocycles. The van der Waals surface area contributed by atoms with Gasteiger partial charge in [-0.15, -0.1) is 0 Å². The number of aliphatic hydroxyl groups excluding tert-OH is 7. The van der Waals surface area contributed by atoms with Crippen LogP contribution in [0.1, 0.15) is 142 Å². The van der Waals surface area contributed by atoms with Crippen molar-refractivity contribution < 1.29 is 73.8 Å². The molecule has 0 aromatic heterocycles. The molecule has 0 aromatic rings. The summed E-state index contributed by atoms with van der Waals surface area (Å²) < 4.78 is 33.5. The summed E-state index contributed by atoms with van der Waals surface area (Å²) in [5.74, 6) is -1.05. The Morgan fingerprint density at radius 2 is 0.929 bits per heavy atom. The summed E-state index contributed by atoms with van der Waals surface area (Å²) in [6.45, 7) is 2.33. The van der Waals surface area contributed by atoms with Gasteiger partial charge in [0, 0.05) is 12.8 Å². The van der Waals surface area contributed by atoms with Gasteiger partial charge in [0.1, 0.15) is 55.4 Å². The molecule has 2 fully saturated rings. The monoisotopic (exact) mass is 989 g/mol. The Hall–Kier alpha value is -3.58. The van der Waals surface area contributed by atoms with E-state index < -0.39 is 99.3 Å². The molecule has 0 spiro atoms. The lowest BCUT2D eigenvalue weighted by Crippen LogP contribution is -2.61. The number of esters is 2. The molecule has 0 radical (unpaired) electrons. The maximum absolute atomic E-state index is 13.0. The molecule has 0 aliphatic carbocycles. The molecule has 4 unspecified atom stereocenters. The van der Waals surface area contributed by atoms with Crippen LogP contribution in [0.4, 0.5) is 0 Å². The quantitative estimate of drug-likeness (QED) is 0.0182. The predicted octanol–water partition coefficient (Wildman–Crippen LogP) is 7.37. The van der Waals surface area contributed by atoms with Crippen molar-refractivity contribution >= 4 is 11.9 Å². The van der Waals surface area contributed by atoms with E-state index >= 15 is 0 Å². The molecule has 0 amide bonds. The van der Waals surface area contributed by atoms with E-state index in [4.69, 9.17) is 28.4 Å². The fourth-order valence-corrected chi connectivity index (χ4v) is 7.33. The average molecular weight is 989 g/mol. The van der Waals surface area contributed by atoms with E-state index in [1.807, 2.05) is 12.2 Å². The third-order valence-electron chi connectivity index (χ3n) is 11.6. The fourth-order valence-electron chi connectivity index (χ4n) is 7.33. The van der Waals surface area contributed by atoms with E-state index in [2.05, 4.69) is 98.9 Å². The van der Waals surface area contributed by atoms with Gasteiger partial charge in [-0.05, 0) is 83.5 Å². The maximum atomic E-state index is 13.0. The summed E-state index contributed by atoms with van der Waals surface area (Å²) in [6, 6.07) is 0. The summed E-state index contributed by atoms with van der Waals surface area (Å²) >= 11 is 0. The van der Waals surface area contributed by atoms with E-state index in [1.165, 1.54) is 19.3 Å². The second-order valence-corrected chi connectivity index (χ2v) is 17.6. The molecule has 11 atom stereocenters.